The van der Waals surface area contributed by atoms with Gasteiger partial charge in [-0.15, -0.1) is 0 Å². The summed E-state index contributed by atoms with van der Waals surface area (Å²) in [6.07, 6.45) is 0. The van der Waals surface area contributed by atoms with Crippen LogP contribution in [0.25, 0.3) is 0 Å². The quantitative estimate of drug-likeness (QED) is 0.664. The van der Waals surface area contributed by atoms with Gasteiger partial charge in [0, 0.05) is 39.3 Å². The molecule has 1 rings (SSSR count). The van der Waals surface area contributed by atoms with Crippen molar-refractivity contribution in [3.8, 4) is 0 Å². The van der Waals surface area contributed by atoms with E-state index in [9.17, 15) is 8.42 Å². The Balaban J connectivity index is 2.18. The van der Waals surface area contributed by atoms with Gasteiger partial charge in [0.15, 0.2) is 0 Å². The van der Waals surface area contributed by atoms with Crippen molar-refractivity contribution < 1.29 is 8.42 Å². The van der Waals surface area contributed by atoms with E-state index in [0.717, 1.165) is 32.7 Å². The minimum atomic E-state index is -3.07. The zero-order valence-electron chi connectivity index (χ0n) is 10.2. The number of hydrogen-bond acceptors (Lipinski definition) is 4. The second kappa shape index (κ2) is 6.54. The molecule has 1 aliphatic rings. The monoisotopic (exact) mass is 249 g/mol. The minimum absolute atomic E-state index is 0.177. The molecule has 5 nitrogen and oxygen atoms in total. The Hall–Kier alpha value is -0.170. The first-order valence-corrected chi connectivity index (χ1v) is 7.55. The van der Waals surface area contributed by atoms with Gasteiger partial charge in [-0.1, -0.05) is 13.8 Å². The fraction of sp³-hybridized carbons (Fsp3) is 1.00. The number of piperazine rings is 1. The van der Waals surface area contributed by atoms with Gasteiger partial charge in [-0.05, 0) is 5.92 Å². The molecule has 1 saturated heterocycles. The average molecular weight is 249 g/mol. The van der Waals surface area contributed by atoms with Gasteiger partial charge in [0.2, 0.25) is 10.0 Å². The highest BCUT2D eigenvalue weighted by Crippen LogP contribution is 1.97. The Morgan fingerprint density at radius 3 is 2.50 bits per heavy atom. The molecule has 6 heteroatoms. The summed E-state index contributed by atoms with van der Waals surface area (Å²) >= 11 is 0. The van der Waals surface area contributed by atoms with Crippen molar-refractivity contribution in [2.24, 2.45) is 5.92 Å². The van der Waals surface area contributed by atoms with Crippen LogP contribution in [0.4, 0.5) is 0 Å². The molecular formula is C10H23N3O2S. The number of nitrogens with zero attached hydrogens (tertiary/aromatic N) is 1. The zero-order valence-corrected chi connectivity index (χ0v) is 11.0. The fourth-order valence-electron chi connectivity index (χ4n) is 1.79. The molecule has 0 spiro atoms. The van der Waals surface area contributed by atoms with Gasteiger partial charge < -0.3 is 5.32 Å². The van der Waals surface area contributed by atoms with E-state index >= 15 is 0 Å². The highest BCUT2D eigenvalue weighted by molar-refractivity contribution is 7.89. The Bertz CT molecular complexity index is 284. The summed E-state index contributed by atoms with van der Waals surface area (Å²) in [5, 5.41) is 3.27. The van der Waals surface area contributed by atoms with Gasteiger partial charge in [-0.25, -0.2) is 13.1 Å². The van der Waals surface area contributed by atoms with Crippen LogP contribution >= 0.6 is 0 Å². The third kappa shape index (κ3) is 5.79. The van der Waals surface area contributed by atoms with Crippen molar-refractivity contribution in [1.29, 1.82) is 0 Å². The van der Waals surface area contributed by atoms with E-state index in [-0.39, 0.29) is 11.7 Å². The lowest BCUT2D eigenvalue weighted by atomic mass is 10.3. The number of sulfonamides is 1. The summed E-state index contributed by atoms with van der Waals surface area (Å²) in [7, 11) is -3.07. The minimum Gasteiger partial charge on any atom is -0.314 e. The van der Waals surface area contributed by atoms with Crippen molar-refractivity contribution in [3.05, 3.63) is 0 Å². The van der Waals surface area contributed by atoms with Gasteiger partial charge >= 0.3 is 0 Å². The van der Waals surface area contributed by atoms with Crippen molar-refractivity contribution in [3.63, 3.8) is 0 Å². The van der Waals surface area contributed by atoms with E-state index in [0.29, 0.717) is 6.54 Å². The maximum atomic E-state index is 11.5. The van der Waals surface area contributed by atoms with Crippen LogP contribution in [-0.4, -0.2) is 58.3 Å². The average Bonchev–Trinajstić information content (AvgIpc) is 2.16. The van der Waals surface area contributed by atoms with Gasteiger partial charge in [-0.2, -0.15) is 0 Å². The highest BCUT2D eigenvalue weighted by atomic mass is 32.2. The van der Waals surface area contributed by atoms with Crippen LogP contribution in [0, 0.1) is 5.92 Å². The lowest BCUT2D eigenvalue weighted by Gasteiger charge is -2.27. The summed E-state index contributed by atoms with van der Waals surface area (Å²) in [5.41, 5.74) is 0. The lowest BCUT2D eigenvalue weighted by molar-refractivity contribution is 0.245. The van der Waals surface area contributed by atoms with Crippen LogP contribution in [0.1, 0.15) is 13.8 Å². The summed E-state index contributed by atoms with van der Waals surface area (Å²) in [5.74, 6) is 0.394. The number of rotatable bonds is 6. The maximum Gasteiger partial charge on any atom is 0.211 e. The summed E-state index contributed by atoms with van der Waals surface area (Å²) in [6.45, 7) is 9.16. The molecule has 1 heterocycles. The van der Waals surface area contributed by atoms with Crippen molar-refractivity contribution in [2.45, 2.75) is 13.8 Å². The summed E-state index contributed by atoms with van der Waals surface area (Å²) in [4.78, 5) is 2.27. The van der Waals surface area contributed by atoms with Crippen molar-refractivity contribution >= 4 is 10.0 Å². The Morgan fingerprint density at radius 1 is 1.31 bits per heavy atom. The van der Waals surface area contributed by atoms with Crippen LogP contribution in [0.15, 0.2) is 0 Å². The molecule has 1 fully saturated rings. The summed E-state index contributed by atoms with van der Waals surface area (Å²) < 4.78 is 25.7. The lowest BCUT2D eigenvalue weighted by Crippen LogP contribution is -2.46. The highest BCUT2D eigenvalue weighted by Gasteiger charge is 2.13. The first kappa shape index (κ1) is 13.9. The largest absolute Gasteiger partial charge is 0.314 e. The molecule has 0 bridgehead atoms. The second-order valence-electron chi connectivity index (χ2n) is 4.66. The van der Waals surface area contributed by atoms with Crippen LogP contribution in [0.5, 0.6) is 0 Å². The molecule has 16 heavy (non-hydrogen) atoms. The van der Waals surface area contributed by atoms with E-state index in [2.05, 4.69) is 14.9 Å². The van der Waals surface area contributed by atoms with Crippen molar-refractivity contribution in [1.82, 2.24) is 14.9 Å². The van der Waals surface area contributed by atoms with Crippen LogP contribution < -0.4 is 10.0 Å². The third-order valence-corrected chi connectivity index (χ3v) is 4.26. The van der Waals surface area contributed by atoms with Crippen LogP contribution in [-0.2, 0) is 10.0 Å². The first-order valence-electron chi connectivity index (χ1n) is 5.90. The Kier molecular flexibility index (Phi) is 5.68. The van der Waals surface area contributed by atoms with Gasteiger partial charge in [0.25, 0.3) is 0 Å². The first-order chi connectivity index (χ1) is 7.49. The number of hydrogen-bond donors (Lipinski definition) is 2. The normalized spacial score (nSPS) is 19.2. The van der Waals surface area contributed by atoms with Crippen molar-refractivity contribution in [2.75, 3.05) is 45.0 Å². The van der Waals surface area contributed by atoms with E-state index in [1.165, 1.54) is 0 Å². The molecule has 1 aliphatic heterocycles. The molecule has 0 amide bonds. The smallest absolute Gasteiger partial charge is 0.211 e. The van der Waals surface area contributed by atoms with Gasteiger partial charge in [0.1, 0.15) is 0 Å². The van der Waals surface area contributed by atoms with Gasteiger partial charge in [0.05, 0.1) is 5.75 Å². The van der Waals surface area contributed by atoms with E-state index in [4.69, 9.17) is 0 Å². The van der Waals surface area contributed by atoms with Crippen LogP contribution in [0.3, 0.4) is 0 Å². The number of nitrogens with one attached hydrogen (secondary N) is 2. The van der Waals surface area contributed by atoms with Gasteiger partial charge in [-0.3, -0.25) is 4.90 Å². The van der Waals surface area contributed by atoms with Crippen LogP contribution in [0.2, 0.25) is 0 Å². The van der Waals surface area contributed by atoms with E-state index < -0.39 is 10.0 Å². The topological polar surface area (TPSA) is 61.4 Å². The molecular weight excluding hydrogens is 226 g/mol. The maximum absolute atomic E-state index is 11.5. The van der Waals surface area contributed by atoms with E-state index in [1.807, 2.05) is 13.8 Å². The molecule has 0 saturated carbocycles. The molecule has 0 aromatic heterocycles. The molecule has 0 aromatic carbocycles. The zero-order chi connectivity index (χ0) is 12.0. The Labute approximate surface area is 98.6 Å². The molecule has 0 aliphatic carbocycles. The molecule has 0 aromatic rings. The SMILES string of the molecule is CC(C)CS(=O)(=O)NCCN1CCNCC1. The predicted molar refractivity (Wildman–Crippen MR) is 65.9 cm³/mol. The molecule has 0 unspecified atom stereocenters. The third-order valence-electron chi connectivity index (χ3n) is 2.51. The summed E-state index contributed by atoms with van der Waals surface area (Å²) in [6, 6.07) is 0. The standard InChI is InChI=1S/C10H23N3O2S/c1-10(2)9-16(14,15)12-5-8-13-6-3-11-4-7-13/h10-12H,3-9H2,1-2H3. The fourth-order valence-corrected chi connectivity index (χ4v) is 3.19. The molecule has 96 valence electrons. The molecule has 2 N–H and O–H groups in total. The Morgan fingerprint density at radius 2 is 1.94 bits per heavy atom. The predicted octanol–water partition coefficient (Wildman–Crippen LogP) is -0.533. The second-order valence-corrected chi connectivity index (χ2v) is 6.51. The van der Waals surface area contributed by atoms with E-state index in [1.54, 1.807) is 0 Å². The molecule has 0 atom stereocenters. The molecule has 0 radical (unpaired) electrons.